The molecular formula is C9H16F2O. The molecule has 0 aromatic heterocycles. The van der Waals surface area contributed by atoms with E-state index in [2.05, 4.69) is 0 Å². The zero-order valence-corrected chi connectivity index (χ0v) is 7.39. The van der Waals surface area contributed by atoms with E-state index in [1.807, 2.05) is 6.92 Å². The summed E-state index contributed by atoms with van der Waals surface area (Å²) in [7, 11) is 0. The molecule has 1 aliphatic carbocycles. The number of hydrogen-bond donors (Lipinski definition) is 1. The fourth-order valence-corrected chi connectivity index (χ4v) is 1.84. The quantitative estimate of drug-likeness (QED) is 0.704. The molecule has 1 nitrogen and oxygen atoms in total. The minimum atomic E-state index is -2.51. The molecule has 72 valence electrons. The van der Waals surface area contributed by atoms with Gasteiger partial charge in [0.2, 0.25) is 5.92 Å². The molecule has 0 saturated heterocycles. The Morgan fingerprint density at radius 1 is 1.58 bits per heavy atom. The zero-order chi connectivity index (χ0) is 9.19. The van der Waals surface area contributed by atoms with Crippen molar-refractivity contribution in [2.75, 3.05) is 0 Å². The minimum absolute atomic E-state index is 0.0432. The van der Waals surface area contributed by atoms with Crippen molar-refractivity contribution in [2.45, 2.75) is 51.1 Å². The van der Waals surface area contributed by atoms with E-state index in [1.165, 1.54) is 0 Å². The van der Waals surface area contributed by atoms with Gasteiger partial charge in [-0.3, -0.25) is 0 Å². The van der Waals surface area contributed by atoms with Crippen LogP contribution in [0.1, 0.15) is 39.0 Å². The lowest BCUT2D eigenvalue weighted by atomic mass is 9.97. The monoisotopic (exact) mass is 178 g/mol. The van der Waals surface area contributed by atoms with Crippen LogP contribution >= 0.6 is 0 Å². The SMILES string of the molecule is CCC[C@@H](O)C1CCC(F)(F)C1. The summed E-state index contributed by atoms with van der Waals surface area (Å²) in [6.07, 6.45) is 1.33. The molecule has 0 amide bonds. The van der Waals surface area contributed by atoms with Crippen molar-refractivity contribution in [3.8, 4) is 0 Å². The van der Waals surface area contributed by atoms with E-state index in [-0.39, 0.29) is 18.8 Å². The van der Waals surface area contributed by atoms with Crippen molar-refractivity contribution in [2.24, 2.45) is 5.92 Å². The van der Waals surface area contributed by atoms with Gasteiger partial charge in [0, 0.05) is 12.8 Å². The van der Waals surface area contributed by atoms with Crippen LogP contribution in [0.4, 0.5) is 8.78 Å². The van der Waals surface area contributed by atoms with Gasteiger partial charge in [0.15, 0.2) is 0 Å². The van der Waals surface area contributed by atoms with Gasteiger partial charge < -0.3 is 5.11 Å². The Hall–Kier alpha value is -0.180. The van der Waals surface area contributed by atoms with Crippen molar-refractivity contribution in [1.29, 1.82) is 0 Å². The fourth-order valence-electron chi connectivity index (χ4n) is 1.84. The molecule has 12 heavy (non-hydrogen) atoms. The Morgan fingerprint density at radius 2 is 2.25 bits per heavy atom. The van der Waals surface area contributed by atoms with Crippen LogP contribution in [0.2, 0.25) is 0 Å². The van der Waals surface area contributed by atoms with E-state index in [0.29, 0.717) is 12.8 Å². The molecule has 0 aromatic rings. The number of alkyl halides is 2. The third-order valence-electron chi connectivity index (χ3n) is 2.57. The van der Waals surface area contributed by atoms with E-state index in [0.717, 1.165) is 6.42 Å². The minimum Gasteiger partial charge on any atom is -0.393 e. The Bertz CT molecular complexity index is 147. The predicted octanol–water partition coefficient (Wildman–Crippen LogP) is 2.58. The van der Waals surface area contributed by atoms with E-state index in [1.54, 1.807) is 0 Å². The van der Waals surface area contributed by atoms with Crippen molar-refractivity contribution < 1.29 is 13.9 Å². The molecule has 0 radical (unpaired) electrons. The number of rotatable bonds is 3. The summed E-state index contributed by atoms with van der Waals surface area (Å²) in [6, 6.07) is 0. The van der Waals surface area contributed by atoms with E-state index >= 15 is 0 Å². The highest BCUT2D eigenvalue weighted by Gasteiger charge is 2.41. The van der Waals surface area contributed by atoms with Gasteiger partial charge in [-0.1, -0.05) is 13.3 Å². The van der Waals surface area contributed by atoms with Crippen molar-refractivity contribution >= 4 is 0 Å². The van der Waals surface area contributed by atoms with Crippen LogP contribution in [0, 0.1) is 5.92 Å². The topological polar surface area (TPSA) is 20.2 Å². The summed E-state index contributed by atoms with van der Waals surface area (Å²) in [6.45, 7) is 1.95. The third kappa shape index (κ3) is 2.41. The van der Waals surface area contributed by atoms with Crippen LogP contribution in [0.25, 0.3) is 0 Å². The normalized spacial score (nSPS) is 30.5. The maximum absolute atomic E-state index is 12.7. The van der Waals surface area contributed by atoms with Gasteiger partial charge >= 0.3 is 0 Å². The molecule has 1 fully saturated rings. The highest BCUT2D eigenvalue weighted by molar-refractivity contribution is 4.84. The molecule has 2 atom stereocenters. The smallest absolute Gasteiger partial charge is 0.248 e. The van der Waals surface area contributed by atoms with Crippen molar-refractivity contribution in [1.82, 2.24) is 0 Å². The lowest BCUT2D eigenvalue weighted by Crippen LogP contribution is -2.19. The first-order chi connectivity index (χ1) is 5.55. The van der Waals surface area contributed by atoms with Crippen molar-refractivity contribution in [3.05, 3.63) is 0 Å². The summed E-state index contributed by atoms with van der Waals surface area (Å²) in [5.74, 6) is -2.68. The largest absolute Gasteiger partial charge is 0.393 e. The van der Waals surface area contributed by atoms with Gasteiger partial charge in [0.25, 0.3) is 0 Å². The van der Waals surface area contributed by atoms with Gasteiger partial charge in [-0.2, -0.15) is 0 Å². The molecule has 1 unspecified atom stereocenters. The van der Waals surface area contributed by atoms with Crippen LogP contribution in [0.15, 0.2) is 0 Å². The molecule has 3 heteroatoms. The first-order valence-electron chi connectivity index (χ1n) is 4.61. The number of aliphatic hydroxyl groups excluding tert-OH is 1. The first-order valence-corrected chi connectivity index (χ1v) is 4.61. The summed E-state index contributed by atoms with van der Waals surface area (Å²) in [4.78, 5) is 0. The Morgan fingerprint density at radius 3 is 2.67 bits per heavy atom. The second-order valence-electron chi connectivity index (χ2n) is 3.71. The lowest BCUT2D eigenvalue weighted by Gasteiger charge is -2.16. The van der Waals surface area contributed by atoms with Crippen molar-refractivity contribution in [3.63, 3.8) is 0 Å². The van der Waals surface area contributed by atoms with Gasteiger partial charge in [-0.05, 0) is 18.8 Å². The lowest BCUT2D eigenvalue weighted by molar-refractivity contribution is -0.00570. The molecule has 0 aliphatic heterocycles. The molecule has 1 aliphatic rings. The molecule has 1 N–H and O–H groups in total. The molecule has 0 heterocycles. The van der Waals surface area contributed by atoms with Crippen LogP contribution in [-0.2, 0) is 0 Å². The zero-order valence-electron chi connectivity index (χ0n) is 7.39. The maximum atomic E-state index is 12.7. The first kappa shape index (κ1) is 9.90. The molecular weight excluding hydrogens is 162 g/mol. The Kier molecular flexibility index (Phi) is 3.04. The molecule has 0 aromatic carbocycles. The summed E-state index contributed by atoms with van der Waals surface area (Å²) < 4.78 is 25.4. The number of halogens is 2. The summed E-state index contributed by atoms with van der Waals surface area (Å²) in [5.41, 5.74) is 0. The molecule has 1 rings (SSSR count). The number of hydrogen-bond acceptors (Lipinski definition) is 1. The van der Waals surface area contributed by atoms with Gasteiger partial charge in [0.05, 0.1) is 6.10 Å². The summed E-state index contributed by atoms with van der Waals surface area (Å²) in [5, 5.41) is 9.45. The van der Waals surface area contributed by atoms with E-state index in [4.69, 9.17) is 0 Å². The molecule has 0 bridgehead atoms. The molecule has 0 spiro atoms. The van der Waals surface area contributed by atoms with Crippen LogP contribution in [0.5, 0.6) is 0 Å². The Balaban J connectivity index is 2.36. The Labute approximate surface area is 71.8 Å². The third-order valence-corrected chi connectivity index (χ3v) is 2.57. The van der Waals surface area contributed by atoms with Crippen LogP contribution in [0.3, 0.4) is 0 Å². The predicted molar refractivity (Wildman–Crippen MR) is 43.2 cm³/mol. The highest BCUT2D eigenvalue weighted by Crippen LogP contribution is 2.40. The average molecular weight is 178 g/mol. The van der Waals surface area contributed by atoms with Gasteiger partial charge in [0.1, 0.15) is 0 Å². The van der Waals surface area contributed by atoms with Crippen LogP contribution in [-0.4, -0.2) is 17.1 Å². The standard InChI is InChI=1S/C9H16F2O/c1-2-3-8(12)7-4-5-9(10,11)6-7/h7-8,12H,2-6H2,1H3/t7?,8-/m1/s1. The second-order valence-corrected chi connectivity index (χ2v) is 3.71. The van der Waals surface area contributed by atoms with Gasteiger partial charge in [-0.25, -0.2) is 8.78 Å². The van der Waals surface area contributed by atoms with E-state index < -0.39 is 12.0 Å². The highest BCUT2D eigenvalue weighted by atomic mass is 19.3. The molecule has 1 saturated carbocycles. The fraction of sp³-hybridized carbons (Fsp3) is 1.00. The van der Waals surface area contributed by atoms with Crippen LogP contribution < -0.4 is 0 Å². The maximum Gasteiger partial charge on any atom is 0.248 e. The number of aliphatic hydroxyl groups is 1. The van der Waals surface area contributed by atoms with E-state index in [9.17, 15) is 13.9 Å². The second kappa shape index (κ2) is 3.69. The summed E-state index contributed by atoms with van der Waals surface area (Å²) >= 11 is 0. The van der Waals surface area contributed by atoms with Gasteiger partial charge in [-0.15, -0.1) is 0 Å². The average Bonchev–Trinajstić information content (AvgIpc) is 2.31.